The Morgan fingerprint density at radius 2 is 1.51 bits per heavy atom. The average molecular weight is 620 g/mol. The molecule has 43 heavy (non-hydrogen) atoms. The van der Waals surface area contributed by atoms with Crippen molar-refractivity contribution in [2.24, 2.45) is 5.92 Å². The maximum Gasteiger partial charge on any atom is 0.303 e. The number of benzene rings is 2. The molecule has 0 radical (unpaired) electrons. The predicted octanol–water partition coefficient (Wildman–Crippen LogP) is 6.55. The van der Waals surface area contributed by atoms with Crippen LogP contribution in [0.2, 0.25) is 5.02 Å². The van der Waals surface area contributed by atoms with Gasteiger partial charge >= 0.3 is 11.9 Å². The largest absolute Gasteiger partial charge is 0.463 e. The van der Waals surface area contributed by atoms with Gasteiger partial charge in [0.15, 0.2) is 6.10 Å². The Morgan fingerprint density at radius 1 is 0.907 bits per heavy atom. The third kappa shape index (κ3) is 11.8. The summed E-state index contributed by atoms with van der Waals surface area (Å²) in [6.07, 6.45) is -0.544. The van der Waals surface area contributed by atoms with Crippen LogP contribution in [-0.4, -0.2) is 74.2 Å². The number of morpholine rings is 1. The zero-order valence-corrected chi connectivity index (χ0v) is 27.1. The minimum atomic E-state index is -0.995. The monoisotopic (exact) mass is 619 g/mol. The number of halogens is 1. The lowest BCUT2D eigenvalue weighted by molar-refractivity contribution is -0.207. The number of ether oxygens (including phenoxy) is 5. The van der Waals surface area contributed by atoms with Gasteiger partial charge in [0.1, 0.15) is 12.4 Å². The molecule has 0 saturated carbocycles. The summed E-state index contributed by atoms with van der Waals surface area (Å²) < 4.78 is 28.3. The molecule has 0 aromatic heterocycles. The van der Waals surface area contributed by atoms with Gasteiger partial charge in [-0.3, -0.25) is 14.4 Å². The normalized spacial score (nSPS) is 15.0. The molecule has 0 N–H and O–H groups in total. The molecule has 2 aromatic carbocycles. The van der Waals surface area contributed by atoms with Gasteiger partial charge in [0.05, 0.1) is 24.3 Å². The van der Waals surface area contributed by atoms with Crippen LogP contribution in [0.25, 0.3) is 11.1 Å². The molecule has 238 valence electrons. The van der Waals surface area contributed by atoms with Gasteiger partial charge in [-0.25, -0.2) is 0 Å². The summed E-state index contributed by atoms with van der Waals surface area (Å²) >= 11 is 6.63. The standard InChI is InChI=1S/C30H38ClNO8.C3H8/c1-6-26(38-21(5)34)30(40-28(19(2)3)18-37-20(4)33)39-27-12-11-24(17-25(27)31)22-7-9-23(10-8-22)29(35)32-13-15-36-16-14-32;1-3-2/h7-12,17,19,26,28,30H,6,13-16,18H2,1-5H3;3H2,1-2H3. The van der Waals surface area contributed by atoms with Crippen molar-refractivity contribution in [3.63, 3.8) is 0 Å². The van der Waals surface area contributed by atoms with Gasteiger partial charge in [0.25, 0.3) is 5.91 Å². The van der Waals surface area contributed by atoms with Gasteiger partial charge < -0.3 is 28.6 Å². The van der Waals surface area contributed by atoms with E-state index in [1.165, 1.54) is 20.3 Å². The number of nitrogens with zero attached hydrogens (tertiary/aromatic N) is 1. The third-order valence-corrected chi connectivity index (χ3v) is 6.76. The van der Waals surface area contributed by atoms with Gasteiger partial charge in [0.2, 0.25) is 6.29 Å². The number of esters is 2. The summed E-state index contributed by atoms with van der Waals surface area (Å²) in [4.78, 5) is 37.7. The minimum absolute atomic E-state index is 0.0174. The molecule has 10 heteroatoms. The topological polar surface area (TPSA) is 101 Å². The zero-order chi connectivity index (χ0) is 31.9. The van der Waals surface area contributed by atoms with Crippen molar-refractivity contribution in [1.82, 2.24) is 4.90 Å². The lowest BCUT2D eigenvalue weighted by Crippen LogP contribution is -2.42. The lowest BCUT2D eigenvalue weighted by atomic mass is 10.0. The maximum absolute atomic E-state index is 12.8. The Bertz CT molecular complexity index is 1160. The molecule has 2 aromatic rings. The Kier molecular flexibility index (Phi) is 15.5. The van der Waals surface area contributed by atoms with Crippen molar-refractivity contribution in [2.45, 2.75) is 79.8 Å². The molecule has 1 aliphatic rings. The fourth-order valence-corrected chi connectivity index (χ4v) is 4.38. The van der Waals surface area contributed by atoms with E-state index in [1.807, 2.05) is 39.0 Å². The van der Waals surface area contributed by atoms with Crippen LogP contribution in [0, 0.1) is 5.92 Å². The Labute approximate surface area is 260 Å². The zero-order valence-electron chi connectivity index (χ0n) is 26.4. The second-order valence-electron chi connectivity index (χ2n) is 10.6. The highest BCUT2D eigenvalue weighted by atomic mass is 35.5. The van der Waals surface area contributed by atoms with Crippen molar-refractivity contribution < 1.29 is 38.1 Å². The summed E-state index contributed by atoms with van der Waals surface area (Å²) in [5, 5.41) is 0.332. The summed E-state index contributed by atoms with van der Waals surface area (Å²) in [7, 11) is 0. The highest BCUT2D eigenvalue weighted by molar-refractivity contribution is 6.32. The third-order valence-electron chi connectivity index (χ3n) is 6.47. The van der Waals surface area contributed by atoms with Crippen LogP contribution < -0.4 is 4.74 Å². The maximum atomic E-state index is 12.8. The van der Waals surface area contributed by atoms with Crippen LogP contribution in [0.15, 0.2) is 42.5 Å². The van der Waals surface area contributed by atoms with Crippen LogP contribution in [0.1, 0.15) is 71.7 Å². The lowest BCUT2D eigenvalue weighted by Gasteiger charge is -2.31. The molecule has 3 rings (SSSR count). The van der Waals surface area contributed by atoms with Gasteiger partial charge in [0, 0.05) is 32.5 Å². The number of amides is 1. The van der Waals surface area contributed by atoms with Crippen LogP contribution >= 0.6 is 11.6 Å². The molecular weight excluding hydrogens is 574 g/mol. The molecule has 0 aliphatic carbocycles. The SMILES string of the molecule is CCC.CCC(OC(C)=O)C(Oc1ccc(-c2ccc(C(=O)N3CCOCC3)cc2)cc1Cl)OC(COC(C)=O)C(C)C. The second kappa shape index (κ2) is 18.5. The summed E-state index contributed by atoms with van der Waals surface area (Å²) in [5.41, 5.74) is 2.33. The molecule has 3 unspecified atom stereocenters. The minimum Gasteiger partial charge on any atom is -0.463 e. The highest BCUT2D eigenvalue weighted by Gasteiger charge is 2.31. The number of hydrogen-bond donors (Lipinski definition) is 0. The summed E-state index contributed by atoms with van der Waals surface area (Å²) in [6, 6.07) is 12.7. The molecule has 1 saturated heterocycles. The average Bonchev–Trinajstić information content (AvgIpc) is 2.98. The van der Waals surface area contributed by atoms with Gasteiger partial charge in [-0.2, -0.15) is 0 Å². The highest BCUT2D eigenvalue weighted by Crippen LogP contribution is 2.33. The van der Waals surface area contributed by atoms with Crippen LogP contribution in [0.3, 0.4) is 0 Å². The first-order chi connectivity index (χ1) is 20.5. The smallest absolute Gasteiger partial charge is 0.303 e. The number of hydrogen-bond acceptors (Lipinski definition) is 8. The summed E-state index contributed by atoms with van der Waals surface area (Å²) in [5.74, 6) is -0.585. The Balaban J connectivity index is 0.00000206. The van der Waals surface area contributed by atoms with Crippen LogP contribution in [0.4, 0.5) is 0 Å². The number of carbonyl (C=O) groups is 3. The molecular formula is C33H46ClNO8. The van der Waals surface area contributed by atoms with E-state index in [2.05, 4.69) is 13.8 Å². The van der Waals surface area contributed by atoms with E-state index in [1.54, 1.807) is 29.2 Å². The quantitative estimate of drug-likeness (QED) is 0.195. The fraction of sp³-hybridized carbons (Fsp3) is 0.545. The van der Waals surface area contributed by atoms with Crippen molar-refractivity contribution >= 4 is 29.4 Å². The van der Waals surface area contributed by atoms with E-state index in [0.29, 0.717) is 49.1 Å². The molecule has 1 aliphatic heterocycles. The van der Waals surface area contributed by atoms with Gasteiger partial charge in [-0.15, -0.1) is 0 Å². The first kappa shape index (κ1) is 36.1. The Hall–Kier alpha value is -3.14. The van der Waals surface area contributed by atoms with Crippen molar-refractivity contribution in [3.8, 4) is 16.9 Å². The molecule has 9 nitrogen and oxygen atoms in total. The first-order valence-corrected chi connectivity index (χ1v) is 15.3. The number of carbonyl (C=O) groups excluding carboxylic acids is 3. The second-order valence-corrected chi connectivity index (χ2v) is 11.0. The molecule has 1 amide bonds. The summed E-state index contributed by atoms with van der Waals surface area (Å²) in [6.45, 7) is 14.9. The number of rotatable bonds is 12. The van der Waals surface area contributed by atoms with Gasteiger partial charge in [-0.05, 0) is 47.7 Å². The van der Waals surface area contributed by atoms with Crippen molar-refractivity contribution in [3.05, 3.63) is 53.1 Å². The van der Waals surface area contributed by atoms with E-state index >= 15 is 0 Å². The molecule has 0 spiro atoms. The van der Waals surface area contributed by atoms with Crippen LogP contribution in [0.5, 0.6) is 5.75 Å². The van der Waals surface area contributed by atoms with E-state index in [0.717, 1.165) is 11.1 Å². The van der Waals surface area contributed by atoms with Crippen LogP contribution in [-0.2, 0) is 28.5 Å². The van der Waals surface area contributed by atoms with Crippen molar-refractivity contribution in [2.75, 3.05) is 32.9 Å². The van der Waals surface area contributed by atoms with E-state index in [-0.39, 0.29) is 18.4 Å². The molecule has 1 heterocycles. The van der Waals surface area contributed by atoms with E-state index in [9.17, 15) is 14.4 Å². The molecule has 0 bridgehead atoms. The molecule has 3 atom stereocenters. The van der Waals surface area contributed by atoms with Gasteiger partial charge in [-0.1, -0.05) is 70.8 Å². The fourth-order valence-electron chi connectivity index (χ4n) is 4.15. The van der Waals surface area contributed by atoms with E-state index < -0.39 is 30.4 Å². The first-order valence-electron chi connectivity index (χ1n) is 14.9. The van der Waals surface area contributed by atoms with Crippen molar-refractivity contribution in [1.29, 1.82) is 0 Å². The van der Waals surface area contributed by atoms with E-state index in [4.69, 9.17) is 35.3 Å². The molecule has 1 fully saturated rings. The predicted molar refractivity (Wildman–Crippen MR) is 166 cm³/mol. The Morgan fingerprint density at radius 3 is 2.02 bits per heavy atom.